The standard InChI is InChI=1S/C15H28Si/c1-8-12-16(13(5)9-2,14(6)10-3)15(7)11-4/h9-11H,8,12H2,1-7H3. The lowest BCUT2D eigenvalue weighted by Gasteiger charge is -2.35. The lowest BCUT2D eigenvalue weighted by molar-refractivity contribution is 1.04. The summed E-state index contributed by atoms with van der Waals surface area (Å²) in [6.45, 7) is 15.8. The summed E-state index contributed by atoms with van der Waals surface area (Å²) < 4.78 is 0. The van der Waals surface area contributed by atoms with Crippen molar-refractivity contribution in [2.24, 2.45) is 0 Å². The molecule has 0 N–H and O–H groups in total. The van der Waals surface area contributed by atoms with Crippen molar-refractivity contribution in [2.45, 2.75) is 60.9 Å². The molecule has 0 saturated carbocycles. The lowest BCUT2D eigenvalue weighted by atomic mass is 10.5. The summed E-state index contributed by atoms with van der Waals surface area (Å²) in [4.78, 5) is 0. The van der Waals surface area contributed by atoms with Crippen LogP contribution in [0.2, 0.25) is 6.04 Å². The lowest BCUT2D eigenvalue weighted by Crippen LogP contribution is -2.40. The molecular formula is C15H28Si. The molecule has 0 atom stereocenters. The van der Waals surface area contributed by atoms with Gasteiger partial charge in [0.1, 0.15) is 8.07 Å². The third kappa shape index (κ3) is 2.76. The zero-order chi connectivity index (χ0) is 12.8. The van der Waals surface area contributed by atoms with Crippen molar-refractivity contribution < 1.29 is 0 Å². The maximum Gasteiger partial charge on any atom is 0.134 e. The third-order valence-corrected chi connectivity index (χ3v) is 10.1. The van der Waals surface area contributed by atoms with E-state index in [1.807, 2.05) is 0 Å². The first-order valence-corrected chi connectivity index (χ1v) is 8.62. The quantitative estimate of drug-likeness (QED) is 0.564. The Morgan fingerprint density at radius 2 is 1.12 bits per heavy atom. The Labute approximate surface area is 103 Å². The second-order valence-electron chi connectivity index (χ2n) is 4.57. The van der Waals surface area contributed by atoms with Gasteiger partial charge in [-0.3, -0.25) is 0 Å². The van der Waals surface area contributed by atoms with Gasteiger partial charge in [0.2, 0.25) is 0 Å². The fraction of sp³-hybridized carbons (Fsp3) is 0.600. The number of hydrogen-bond donors (Lipinski definition) is 0. The highest BCUT2D eigenvalue weighted by atomic mass is 28.3. The van der Waals surface area contributed by atoms with Crippen molar-refractivity contribution >= 4 is 8.07 Å². The Bertz CT molecular complexity index is 260. The highest BCUT2D eigenvalue weighted by Crippen LogP contribution is 2.35. The molecule has 0 rings (SSSR count). The van der Waals surface area contributed by atoms with Crippen LogP contribution in [0.25, 0.3) is 0 Å². The summed E-state index contributed by atoms with van der Waals surface area (Å²) >= 11 is 0. The number of rotatable bonds is 5. The van der Waals surface area contributed by atoms with Gasteiger partial charge in [0.25, 0.3) is 0 Å². The van der Waals surface area contributed by atoms with Gasteiger partial charge < -0.3 is 0 Å². The molecule has 0 heterocycles. The van der Waals surface area contributed by atoms with Gasteiger partial charge in [0, 0.05) is 0 Å². The summed E-state index contributed by atoms with van der Waals surface area (Å²) in [5.74, 6) is 0. The fourth-order valence-corrected chi connectivity index (χ4v) is 7.92. The second-order valence-corrected chi connectivity index (χ2v) is 9.25. The van der Waals surface area contributed by atoms with Crippen LogP contribution in [0.15, 0.2) is 33.8 Å². The molecule has 16 heavy (non-hydrogen) atoms. The third-order valence-electron chi connectivity index (χ3n) is 3.94. The van der Waals surface area contributed by atoms with Crippen LogP contribution in [0.5, 0.6) is 0 Å². The van der Waals surface area contributed by atoms with Crippen molar-refractivity contribution in [3.8, 4) is 0 Å². The number of hydrogen-bond acceptors (Lipinski definition) is 0. The van der Waals surface area contributed by atoms with Gasteiger partial charge in [-0.2, -0.15) is 0 Å². The van der Waals surface area contributed by atoms with Crippen LogP contribution in [0.3, 0.4) is 0 Å². The normalized spacial score (nSPS) is 18.6. The maximum absolute atomic E-state index is 2.32. The largest absolute Gasteiger partial charge is 0.134 e. The van der Waals surface area contributed by atoms with Gasteiger partial charge in [-0.05, 0) is 47.6 Å². The number of allylic oxidation sites excluding steroid dienone is 6. The Kier molecular flexibility index (Phi) is 6.66. The van der Waals surface area contributed by atoms with E-state index in [9.17, 15) is 0 Å². The molecule has 0 nitrogen and oxygen atoms in total. The van der Waals surface area contributed by atoms with Gasteiger partial charge in [-0.15, -0.1) is 0 Å². The highest BCUT2D eigenvalue weighted by Gasteiger charge is 2.36. The van der Waals surface area contributed by atoms with Crippen LogP contribution in [0.1, 0.15) is 54.9 Å². The Hall–Kier alpha value is -0.563. The molecule has 0 unspecified atom stereocenters. The first kappa shape index (κ1) is 15.4. The van der Waals surface area contributed by atoms with Gasteiger partial charge >= 0.3 is 0 Å². The van der Waals surface area contributed by atoms with Crippen LogP contribution < -0.4 is 0 Å². The van der Waals surface area contributed by atoms with E-state index in [0.29, 0.717) is 0 Å². The molecule has 92 valence electrons. The highest BCUT2D eigenvalue weighted by molar-refractivity contribution is 6.98. The molecule has 0 spiro atoms. The maximum atomic E-state index is 2.32. The molecule has 0 bridgehead atoms. The van der Waals surface area contributed by atoms with Crippen molar-refractivity contribution in [1.82, 2.24) is 0 Å². The van der Waals surface area contributed by atoms with Crippen LogP contribution in [0.4, 0.5) is 0 Å². The van der Waals surface area contributed by atoms with E-state index in [0.717, 1.165) is 0 Å². The van der Waals surface area contributed by atoms with Gasteiger partial charge in [0.15, 0.2) is 0 Å². The van der Waals surface area contributed by atoms with Crippen LogP contribution in [-0.2, 0) is 0 Å². The smallest absolute Gasteiger partial charge is 0.0919 e. The molecule has 0 aliphatic rings. The minimum absolute atomic E-state index is 1.27. The van der Waals surface area contributed by atoms with Crippen LogP contribution in [-0.4, -0.2) is 8.07 Å². The molecular weight excluding hydrogens is 208 g/mol. The Morgan fingerprint density at radius 1 is 0.812 bits per heavy atom. The minimum atomic E-state index is -1.52. The van der Waals surface area contributed by atoms with Gasteiger partial charge in [-0.1, -0.05) is 47.2 Å². The molecule has 0 saturated heterocycles. The summed E-state index contributed by atoms with van der Waals surface area (Å²) in [7, 11) is -1.52. The average molecular weight is 236 g/mol. The molecule has 0 radical (unpaired) electrons. The molecule has 1 heteroatoms. The first-order chi connectivity index (χ1) is 7.50. The predicted molar refractivity (Wildman–Crippen MR) is 79.1 cm³/mol. The minimum Gasteiger partial charge on any atom is -0.0919 e. The van der Waals surface area contributed by atoms with Crippen molar-refractivity contribution in [3.63, 3.8) is 0 Å². The molecule has 0 aromatic rings. The molecule has 0 aliphatic heterocycles. The molecule has 0 amide bonds. The second kappa shape index (κ2) is 6.90. The van der Waals surface area contributed by atoms with E-state index in [1.54, 1.807) is 15.6 Å². The van der Waals surface area contributed by atoms with Gasteiger partial charge in [-0.25, -0.2) is 0 Å². The Balaban J connectivity index is 5.78. The average Bonchev–Trinajstić information content (AvgIpc) is 2.32. The van der Waals surface area contributed by atoms with E-state index in [4.69, 9.17) is 0 Å². The van der Waals surface area contributed by atoms with Crippen molar-refractivity contribution in [3.05, 3.63) is 33.8 Å². The van der Waals surface area contributed by atoms with Crippen LogP contribution >= 0.6 is 0 Å². The molecule has 0 aromatic heterocycles. The summed E-state index contributed by atoms with van der Waals surface area (Å²) in [6, 6.07) is 1.34. The SMILES string of the molecule is CC=C(C)[Si](CCC)(C(C)=CC)C(C)=CC. The topological polar surface area (TPSA) is 0 Å². The van der Waals surface area contributed by atoms with E-state index in [1.165, 1.54) is 12.5 Å². The first-order valence-electron chi connectivity index (χ1n) is 6.41. The molecule has 0 aromatic carbocycles. The molecule has 0 fully saturated rings. The van der Waals surface area contributed by atoms with Crippen molar-refractivity contribution in [2.75, 3.05) is 0 Å². The summed E-state index contributed by atoms with van der Waals surface area (Å²) in [5.41, 5.74) is 0. The Morgan fingerprint density at radius 3 is 1.31 bits per heavy atom. The molecule has 0 aliphatic carbocycles. The van der Waals surface area contributed by atoms with E-state index in [2.05, 4.69) is 66.7 Å². The van der Waals surface area contributed by atoms with E-state index in [-0.39, 0.29) is 0 Å². The van der Waals surface area contributed by atoms with Crippen LogP contribution in [0, 0.1) is 0 Å². The zero-order valence-electron chi connectivity index (χ0n) is 12.1. The van der Waals surface area contributed by atoms with Crippen molar-refractivity contribution in [1.29, 1.82) is 0 Å². The predicted octanol–water partition coefficient (Wildman–Crippen LogP) is 5.36. The zero-order valence-corrected chi connectivity index (χ0v) is 13.1. The monoisotopic (exact) mass is 236 g/mol. The summed E-state index contributed by atoms with van der Waals surface area (Å²) in [6.07, 6.45) is 8.24. The fourth-order valence-electron chi connectivity index (χ4n) is 2.64. The summed E-state index contributed by atoms with van der Waals surface area (Å²) in [5, 5.41) is 4.83. The van der Waals surface area contributed by atoms with Gasteiger partial charge in [0.05, 0.1) is 0 Å². The van der Waals surface area contributed by atoms with E-state index < -0.39 is 8.07 Å². The van der Waals surface area contributed by atoms with E-state index >= 15 is 0 Å².